The van der Waals surface area contributed by atoms with Gasteiger partial charge in [-0.2, -0.15) is 11.8 Å². The number of nitrogens with one attached hydrogen (secondary N) is 1. The van der Waals surface area contributed by atoms with Crippen molar-refractivity contribution in [2.75, 3.05) is 18.1 Å². The zero-order valence-corrected chi connectivity index (χ0v) is 10.2. The third-order valence-corrected chi connectivity index (χ3v) is 3.11. The topological polar surface area (TPSA) is 55.1 Å². The zero-order valence-electron chi connectivity index (χ0n) is 9.38. The molecule has 0 aromatic carbocycles. The van der Waals surface area contributed by atoms with E-state index in [0.717, 1.165) is 24.6 Å². The second-order valence-corrected chi connectivity index (χ2v) is 5.05. The lowest BCUT2D eigenvalue weighted by Gasteiger charge is -2.07. The fraction of sp³-hybridized carbons (Fsp3) is 0.900. The van der Waals surface area contributed by atoms with Crippen LogP contribution in [-0.4, -0.2) is 30.0 Å². The van der Waals surface area contributed by atoms with Gasteiger partial charge < -0.3 is 11.1 Å². The molecule has 0 aromatic rings. The van der Waals surface area contributed by atoms with Crippen LogP contribution < -0.4 is 11.1 Å². The molecule has 0 heterocycles. The summed E-state index contributed by atoms with van der Waals surface area (Å²) in [5.74, 6) is 3.00. The number of thioether (sulfide) groups is 1. The first kappa shape index (κ1) is 13.8. The van der Waals surface area contributed by atoms with Crippen molar-refractivity contribution >= 4 is 17.7 Å². The highest BCUT2D eigenvalue weighted by molar-refractivity contribution is 7.99. The maximum absolute atomic E-state index is 11.0. The number of rotatable bonds is 7. The molecule has 0 radical (unpaired) electrons. The van der Waals surface area contributed by atoms with Gasteiger partial charge in [0.15, 0.2) is 0 Å². The molecule has 1 atom stereocenters. The van der Waals surface area contributed by atoms with E-state index in [-0.39, 0.29) is 5.91 Å². The van der Waals surface area contributed by atoms with Gasteiger partial charge in [-0.05, 0) is 30.8 Å². The molecule has 0 spiro atoms. The van der Waals surface area contributed by atoms with Crippen molar-refractivity contribution in [1.82, 2.24) is 5.32 Å². The van der Waals surface area contributed by atoms with E-state index < -0.39 is 6.04 Å². The Balaban J connectivity index is 3.18. The summed E-state index contributed by atoms with van der Waals surface area (Å²) in [6.45, 7) is 6.87. The summed E-state index contributed by atoms with van der Waals surface area (Å²) >= 11 is 1.94. The smallest absolute Gasteiger partial charge is 0.236 e. The molecule has 3 nitrogen and oxygen atoms in total. The van der Waals surface area contributed by atoms with Crippen molar-refractivity contribution in [3.05, 3.63) is 0 Å². The Labute approximate surface area is 91.2 Å². The monoisotopic (exact) mass is 218 g/mol. The molecule has 0 saturated heterocycles. The lowest BCUT2D eigenvalue weighted by atomic mass is 10.3. The molecule has 4 heteroatoms. The Bertz CT molecular complexity index is 160. The normalized spacial score (nSPS) is 12.9. The van der Waals surface area contributed by atoms with Crippen molar-refractivity contribution in [1.29, 1.82) is 0 Å². The molecule has 1 unspecified atom stereocenters. The van der Waals surface area contributed by atoms with Crippen LogP contribution in [0.1, 0.15) is 27.2 Å². The molecular weight excluding hydrogens is 196 g/mol. The number of hydrogen-bond acceptors (Lipinski definition) is 3. The van der Waals surface area contributed by atoms with Crippen molar-refractivity contribution in [2.45, 2.75) is 33.2 Å². The molecule has 0 aliphatic carbocycles. The van der Waals surface area contributed by atoms with E-state index in [9.17, 15) is 4.79 Å². The molecule has 1 amide bonds. The number of hydrogen-bond donors (Lipinski definition) is 2. The van der Waals surface area contributed by atoms with E-state index in [4.69, 9.17) is 5.73 Å². The Morgan fingerprint density at radius 2 is 2.07 bits per heavy atom. The van der Waals surface area contributed by atoms with Gasteiger partial charge in [-0.1, -0.05) is 13.8 Å². The highest BCUT2D eigenvalue weighted by atomic mass is 32.2. The fourth-order valence-electron chi connectivity index (χ4n) is 0.866. The second-order valence-electron chi connectivity index (χ2n) is 3.90. The van der Waals surface area contributed by atoms with Gasteiger partial charge in [-0.25, -0.2) is 0 Å². The second kappa shape index (κ2) is 8.12. The highest BCUT2D eigenvalue weighted by Gasteiger charge is 2.04. The van der Waals surface area contributed by atoms with E-state index in [0.29, 0.717) is 0 Å². The van der Waals surface area contributed by atoms with E-state index in [1.54, 1.807) is 6.92 Å². The first-order valence-corrected chi connectivity index (χ1v) is 6.30. The average molecular weight is 218 g/mol. The molecule has 0 aliphatic rings. The van der Waals surface area contributed by atoms with Crippen LogP contribution in [0.5, 0.6) is 0 Å². The summed E-state index contributed by atoms with van der Waals surface area (Å²) in [6.07, 6.45) is 1.02. The average Bonchev–Trinajstić information content (AvgIpc) is 2.09. The Kier molecular flexibility index (Phi) is 7.99. The van der Waals surface area contributed by atoms with Gasteiger partial charge in [0.05, 0.1) is 6.04 Å². The van der Waals surface area contributed by atoms with Crippen molar-refractivity contribution in [3.8, 4) is 0 Å². The van der Waals surface area contributed by atoms with E-state index in [2.05, 4.69) is 19.2 Å². The van der Waals surface area contributed by atoms with Crippen molar-refractivity contribution in [2.24, 2.45) is 11.7 Å². The number of carbonyl (C=O) groups excluding carboxylic acids is 1. The molecular formula is C10H22N2OS. The number of amides is 1. The fourth-order valence-corrected chi connectivity index (χ4v) is 1.85. The van der Waals surface area contributed by atoms with Crippen LogP contribution in [0.4, 0.5) is 0 Å². The summed E-state index contributed by atoms with van der Waals surface area (Å²) in [5.41, 5.74) is 5.40. The minimum absolute atomic E-state index is 0.0566. The summed E-state index contributed by atoms with van der Waals surface area (Å²) in [6, 6.07) is -0.390. The van der Waals surface area contributed by atoms with Crippen LogP contribution in [0.3, 0.4) is 0 Å². The zero-order chi connectivity index (χ0) is 11.0. The predicted octanol–water partition coefficient (Wildman–Crippen LogP) is 1.23. The minimum atomic E-state index is -0.390. The van der Waals surface area contributed by atoms with Gasteiger partial charge in [0, 0.05) is 6.54 Å². The summed E-state index contributed by atoms with van der Waals surface area (Å²) in [4.78, 5) is 11.0. The Morgan fingerprint density at radius 3 is 2.57 bits per heavy atom. The Hall–Kier alpha value is -0.220. The molecule has 0 aromatic heterocycles. The molecule has 3 N–H and O–H groups in total. The summed E-state index contributed by atoms with van der Waals surface area (Å²) < 4.78 is 0. The third kappa shape index (κ3) is 8.38. The third-order valence-electron chi connectivity index (χ3n) is 1.63. The lowest BCUT2D eigenvalue weighted by molar-refractivity contribution is -0.121. The van der Waals surface area contributed by atoms with Crippen LogP contribution in [0.2, 0.25) is 0 Å². The molecule has 0 saturated carbocycles. The van der Waals surface area contributed by atoms with Gasteiger partial charge in [0.2, 0.25) is 5.91 Å². The van der Waals surface area contributed by atoms with Crippen molar-refractivity contribution < 1.29 is 4.79 Å². The molecule has 0 fully saturated rings. The lowest BCUT2D eigenvalue weighted by Crippen LogP contribution is -2.38. The maximum Gasteiger partial charge on any atom is 0.236 e. The number of nitrogens with two attached hydrogens (primary N) is 1. The van der Waals surface area contributed by atoms with E-state index in [1.807, 2.05) is 11.8 Å². The summed E-state index contributed by atoms with van der Waals surface area (Å²) in [5, 5.41) is 2.79. The first-order chi connectivity index (χ1) is 6.54. The van der Waals surface area contributed by atoms with Crippen LogP contribution in [-0.2, 0) is 4.79 Å². The minimum Gasteiger partial charge on any atom is -0.355 e. The molecule has 14 heavy (non-hydrogen) atoms. The number of carbonyl (C=O) groups is 1. The molecule has 0 rings (SSSR count). The maximum atomic E-state index is 11.0. The van der Waals surface area contributed by atoms with Gasteiger partial charge >= 0.3 is 0 Å². The van der Waals surface area contributed by atoms with Crippen LogP contribution in [0.15, 0.2) is 0 Å². The molecule has 0 aliphatic heterocycles. The van der Waals surface area contributed by atoms with Gasteiger partial charge in [0.25, 0.3) is 0 Å². The van der Waals surface area contributed by atoms with Crippen LogP contribution in [0.25, 0.3) is 0 Å². The first-order valence-electron chi connectivity index (χ1n) is 5.15. The largest absolute Gasteiger partial charge is 0.355 e. The van der Waals surface area contributed by atoms with Crippen molar-refractivity contribution in [3.63, 3.8) is 0 Å². The quantitative estimate of drug-likeness (QED) is 0.632. The van der Waals surface area contributed by atoms with E-state index in [1.165, 1.54) is 5.75 Å². The molecule has 84 valence electrons. The van der Waals surface area contributed by atoms with Gasteiger partial charge in [0.1, 0.15) is 0 Å². The van der Waals surface area contributed by atoms with Gasteiger partial charge in [-0.3, -0.25) is 4.79 Å². The SMILES string of the molecule is CC(C)CSCCCNC(=O)C(C)N. The standard InChI is InChI=1S/C10H22N2OS/c1-8(2)7-14-6-4-5-12-10(13)9(3)11/h8-9H,4-7,11H2,1-3H3,(H,12,13). The van der Waals surface area contributed by atoms with Crippen LogP contribution in [0, 0.1) is 5.92 Å². The predicted molar refractivity (Wildman–Crippen MR) is 63.4 cm³/mol. The van der Waals surface area contributed by atoms with E-state index >= 15 is 0 Å². The highest BCUT2D eigenvalue weighted by Crippen LogP contribution is 2.07. The Morgan fingerprint density at radius 1 is 1.43 bits per heavy atom. The molecule has 0 bridgehead atoms. The summed E-state index contributed by atoms with van der Waals surface area (Å²) in [7, 11) is 0. The van der Waals surface area contributed by atoms with Crippen LogP contribution >= 0.6 is 11.8 Å². The van der Waals surface area contributed by atoms with Gasteiger partial charge in [-0.15, -0.1) is 0 Å².